The molecule has 2 aliphatic rings. The van der Waals surface area contributed by atoms with E-state index in [0.717, 1.165) is 36.3 Å². The summed E-state index contributed by atoms with van der Waals surface area (Å²) >= 11 is 0. The number of carbonyl (C=O) groups excluding carboxylic acids is 2. The number of ether oxygens (including phenoxy) is 1. The van der Waals surface area contributed by atoms with Gasteiger partial charge in [-0.3, -0.25) is 14.0 Å². The Bertz CT molecular complexity index is 1430. The summed E-state index contributed by atoms with van der Waals surface area (Å²) in [5, 5.41) is 3.10. The van der Waals surface area contributed by atoms with Crippen LogP contribution in [0.3, 0.4) is 0 Å². The molecule has 2 amide bonds. The Kier molecular flexibility index (Phi) is 5.96. The SMILES string of the molecule is Cc1cc(C(=O)NC[C@]23CCCO[C@@H]2CCN(C(=O)c2ccc(-c4ncc[nH]4)cc2)C3)nc2nccn12. The Morgan fingerprint density at radius 3 is 2.89 bits per heavy atom. The molecule has 190 valence electrons. The number of H-pyrrole nitrogens is 1. The monoisotopic (exact) mass is 499 g/mol. The molecule has 4 aromatic rings. The van der Waals surface area contributed by atoms with Crippen LogP contribution >= 0.6 is 0 Å². The van der Waals surface area contributed by atoms with E-state index >= 15 is 0 Å². The van der Waals surface area contributed by atoms with Crippen LogP contribution in [-0.2, 0) is 4.74 Å². The summed E-state index contributed by atoms with van der Waals surface area (Å²) in [6.45, 7) is 4.19. The standard InChI is InChI=1S/C27H29N7O3/c1-18-15-21(32-26-30-11-13-34(18)26)24(35)31-16-27-8-2-14-37-22(27)7-12-33(17-27)25(36)20-5-3-19(4-6-20)23-28-9-10-29-23/h3-6,9-11,13,15,22H,2,7-8,12,14,16-17H2,1H3,(H,28,29)(H,31,35)/t22-,27+/m1/s1. The van der Waals surface area contributed by atoms with Crippen LogP contribution in [0.25, 0.3) is 17.2 Å². The molecule has 2 atom stereocenters. The molecule has 10 heteroatoms. The minimum Gasteiger partial charge on any atom is -0.377 e. The van der Waals surface area contributed by atoms with Gasteiger partial charge in [0.05, 0.1) is 6.10 Å². The Labute approximate surface area is 214 Å². The third-order valence-electron chi connectivity index (χ3n) is 7.58. The van der Waals surface area contributed by atoms with Crippen LogP contribution < -0.4 is 5.32 Å². The van der Waals surface area contributed by atoms with Gasteiger partial charge in [-0.2, -0.15) is 0 Å². The van der Waals surface area contributed by atoms with E-state index in [1.807, 2.05) is 46.7 Å². The quantitative estimate of drug-likeness (QED) is 0.436. The number of aromatic nitrogens is 5. The second kappa shape index (κ2) is 9.44. The molecule has 0 unspecified atom stereocenters. The van der Waals surface area contributed by atoms with Crippen LogP contribution in [0.4, 0.5) is 0 Å². The van der Waals surface area contributed by atoms with Gasteiger partial charge in [0.2, 0.25) is 5.78 Å². The molecule has 2 saturated heterocycles. The number of amides is 2. The summed E-state index contributed by atoms with van der Waals surface area (Å²) in [5.41, 5.74) is 2.44. The maximum atomic E-state index is 13.5. The second-order valence-electron chi connectivity index (χ2n) is 9.92. The molecule has 2 aliphatic heterocycles. The van der Waals surface area contributed by atoms with Crippen LogP contribution in [0, 0.1) is 12.3 Å². The number of fused-ring (bicyclic) bond motifs is 2. The molecule has 6 rings (SSSR count). The van der Waals surface area contributed by atoms with Crippen molar-refractivity contribution in [3.63, 3.8) is 0 Å². The molecule has 1 aromatic carbocycles. The van der Waals surface area contributed by atoms with Crippen LogP contribution in [0.5, 0.6) is 0 Å². The van der Waals surface area contributed by atoms with Crippen molar-refractivity contribution in [1.29, 1.82) is 0 Å². The maximum Gasteiger partial charge on any atom is 0.270 e. The molecular weight excluding hydrogens is 470 g/mol. The van der Waals surface area contributed by atoms with E-state index in [9.17, 15) is 9.59 Å². The van der Waals surface area contributed by atoms with Gasteiger partial charge < -0.3 is 19.9 Å². The first-order valence-electron chi connectivity index (χ1n) is 12.6. The third-order valence-corrected chi connectivity index (χ3v) is 7.58. The molecule has 2 N–H and O–H groups in total. The molecule has 0 spiro atoms. The molecule has 2 fully saturated rings. The number of nitrogens with zero attached hydrogens (tertiary/aromatic N) is 5. The first-order valence-corrected chi connectivity index (χ1v) is 12.6. The highest BCUT2D eigenvalue weighted by Gasteiger charge is 2.47. The first-order chi connectivity index (χ1) is 18.0. The zero-order valence-electron chi connectivity index (χ0n) is 20.7. The number of hydrogen-bond donors (Lipinski definition) is 2. The minimum atomic E-state index is -0.345. The van der Waals surface area contributed by atoms with Crippen LogP contribution in [0.2, 0.25) is 0 Å². The normalized spacial score (nSPS) is 21.5. The van der Waals surface area contributed by atoms with Gasteiger partial charge in [-0.15, -0.1) is 0 Å². The number of rotatable bonds is 5. The van der Waals surface area contributed by atoms with Gasteiger partial charge in [0.1, 0.15) is 11.5 Å². The number of carbonyl (C=O) groups is 2. The largest absolute Gasteiger partial charge is 0.377 e. The van der Waals surface area contributed by atoms with Crippen molar-refractivity contribution in [2.75, 3.05) is 26.2 Å². The number of benzene rings is 1. The van der Waals surface area contributed by atoms with Gasteiger partial charge >= 0.3 is 0 Å². The van der Waals surface area contributed by atoms with Gasteiger partial charge in [0.15, 0.2) is 0 Å². The number of imidazole rings is 2. The Morgan fingerprint density at radius 1 is 1.22 bits per heavy atom. The van der Waals surface area contributed by atoms with Crippen molar-refractivity contribution in [2.45, 2.75) is 32.3 Å². The van der Waals surface area contributed by atoms with Crippen LogP contribution in [0.1, 0.15) is 45.8 Å². The number of aryl methyl sites for hydroxylation is 1. The molecule has 0 radical (unpaired) electrons. The Balaban J connectivity index is 1.18. The fourth-order valence-electron chi connectivity index (χ4n) is 5.62. The van der Waals surface area contributed by atoms with Crippen molar-refractivity contribution in [2.24, 2.45) is 5.41 Å². The summed E-state index contributed by atoms with van der Waals surface area (Å²) < 4.78 is 7.99. The second-order valence-corrected chi connectivity index (χ2v) is 9.92. The van der Waals surface area contributed by atoms with Crippen molar-refractivity contribution >= 4 is 17.6 Å². The number of likely N-dealkylation sites (tertiary alicyclic amines) is 1. The average Bonchev–Trinajstić information content (AvgIpc) is 3.64. The maximum absolute atomic E-state index is 13.5. The van der Waals surface area contributed by atoms with E-state index in [1.165, 1.54) is 0 Å². The van der Waals surface area contributed by atoms with E-state index in [1.54, 1.807) is 24.7 Å². The number of nitrogens with one attached hydrogen (secondary N) is 2. The fraction of sp³-hybridized carbons (Fsp3) is 0.370. The molecular formula is C27H29N7O3. The summed E-state index contributed by atoms with van der Waals surface area (Å²) in [6, 6.07) is 9.27. The molecule has 10 nitrogen and oxygen atoms in total. The lowest BCUT2D eigenvalue weighted by Crippen LogP contribution is -2.60. The zero-order valence-corrected chi connectivity index (χ0v) is 20.7. The molecule has 5 heterocycles. The summed E-state index contributed by atoms with van der Waals surface area (Å²) in [4.78, 5) is 44.4. The van der Waals surface area contributed by atoms with Crippen molar-refractivity contribution in [1.82, 2.24) is 34.6 Å². The number of piperidine rings is 1. The van der Waals surface area contributed by atoms with E-state index in [2.05, 4.69) is 25.3 Å². The summed E-state index contributed by atoms with van der Waals surface area (Å²) in [6.07, 6.45) is 9.47. The highest BCUT2D eigenvalue weighted by Crippen LogP contribution is 2.40. The lowest BCUT2D eigenvalue weighted by Gasteiger charge is -2.50. The van der Waals surface area contributed by atoms with E-state index in [-0.39, 0.29) is 23.3 Å². The first kappa shape index (κ1) is 23.4. The lowest BCUT2D eigenvalue weighted by atomic mass is 9.72. The summed E-state index contributed by atoms with van der Waals surface area (Å²) in [7, 11) is 0. The van der Waals surface area contributed by atoms with Crippen molar-refractivity contribution in [3.05, 3.63) is 72.1 Å². The molecule has 0 saturated carbocycles. The van der Waals surface area contributed by atoms with E-state index < -0.39 is 0 Å². The lowest BCUT2D eigenvalue weighted by molar-refractivity contribution is -0.116. The highest BCUT2D eigenvalue weighted by atomic mass is 16.5. The van der Waals surface area contributed by atoms with Gasteiger partial charge in [-0.05, 0) is 44.4 Å². The van der Waals surface area contributed by atoms with E-state index in [0.29, 0.717) is 43.3 Å². The minimum absolute atomic E-state index is 0.00333. The predicted molar refractivity (Wildman–Crippen MR) is 136 cm³/mol. The Hall–Kier alpha value is -4.05. The average molecular weight is 500 g/mol. The molecule has 3 aromatic heterocycles. The van der Waals surface area contributed by atoms with Crippen LogP contribution in [-0.4, -0.2) is 73.4 Å². The van der Waals surface area contributed by atoms with Gasteiger partial charge in [0, 0.05) is 73.3 Å². The number of hydrogen-bond acceptors (Lipinski definition) is 6. The van der Waals surface area contributed by atoms with Gasteiger partial charge in [0.25, 0.3) is 11.8 Å². The smallest absolute Gasteiger partial charge is 0.270 e. The van der Waals surface area contributed by atoms with Gasteiger partial charge in [-0.25, -0.2) is 15.0 Å². The Morgan fingerprint density at radius 2 is 2.08 bits per heavy atom. The predicted octanol–water partition coefficient (Wildman–Crippen LogP) is 2.87. The van der Waals surface area contributed by atoms with Crippen molar-refractivity contribution < 1.29 is 14.3 Å². The zero-order chi connectivity index (χ0) is 25.4. The molecule has 0 bridgehead atoms. The molecule has 0 aliphatic carbocycles. The van der Waals surface area contributed by atoms with E-state index in [4.69, 9.17) is 4.74 Å². The third kappa shape index (κ3) is 4.37. The highest BCUT2D eigenvalue weighted by molar-refractivity contribution is 5.95. The summed E-state index contributed by atoms with van der Waals surface area (Å²) in [5.74, 6) is 1.01. The van der Waals surface area contributed by atoms with Crippen molar-refractivity contribution in [3.8, 4) is 11.4 Å². The molecule has 37 heavy (non-hydrogen) atoms. The van der Waals surface area contributed by atoms with Crippen LogP contribution in [0.15, 0.2) is 55.1 Å². The topological polar surface area (TPSA) is 118 Å². The van der Waals surface area contributed by atoms with Gasteiger partial charge in [-0.1, -0.05) is 12.1 Å². The number of aromatic amines is 1. The fourth-order valence-corrected chi connectivity index (χ4v) is 5.62.